The van der Waals surface area contributed by atoms with Crippen molar-refractivity contribution in [1.82, 2.24) is 5.32 Å². The summed E-state index contributed by atoms with van der Waals surface area (Å²) in [5.74, 6) is 0.643. The van der Waals surface area contributed by atoms with Crippen LogP contribution in [0.5, 0.6) is 0 Å². The van der Waals surface area contributed by atoms with Crippen molar-refractivity contribution in [3.8, 4) is 0 Å². The highest BCUT2D eigenvalue weighted by molar-refractivity contribution is 5.89. The van der Waals surface area contributed by atoms with Crippen molar-refractivity contribution in [3.05, 3.63) is 35.9 Å². The molecule has 1 N–H and O–H groups in total. The fourth-order valence-electron chi connectivity index (χ4n) is 3.80. The Labute approximate surface area is 144 Å². The number of hydrogen-bond acceptors (Lipinski definition) is 3. The van der Waals surface area contributed by atoms with Crippen LogP contribution in [0, 0.1) is 11.8 Å². The van der Waals surface area contributed by atoms with Gasteiger partial charge in [-0.2, -0.15) is 0 Å². The first-order chi connectivity index (χ1) is 11.5. The molecular formula is C20H27NO3. The van der Waals surface area contributed by atoms with Gasteiger partial charge in [-0.15, -0.1) is 0 Å². The van der Waals surface area contributed by atoms with Crippen molar-refractivity contribution in [2.45, 2.75) is 57.4 Å². The number of ether oxygens (including phenoxy) is 1. The SMILES string of the molecule is C[C@H]1[C@@H](NC(=O)COC(=O)C2(c3ccccc3)CC2)CCC[C@@H]1C. The molecule has 0 unspecified atom stereocenters. The smallest absolute Gasteiger partial charge is 0.317 e. The zero-order valence-corrected chi connectivity index (χ0v) is 14.6. The molecule has 4 nitrogen and oxygen atoms in total. The average Bonchev–Trinajstić information content (AvgIpc) is 3.40. The van der Waals surface area contributed by atoms with Crippen LogP contribution in [0.3, 0.4) is 0 Å². The Morgan fingerprint density at radius 1 is 1.17 bits per heavy atom. The van der Waals surface area contributed by atoms with E-state index in [0.29, 0.717) is 11.8 Å². The zero-order valence-electron chi connectivity index (χ0n) is 14.6. The van der Waals surface area contributed by atoms with Gasteiger partial charge >= 0.3 is 5.97 Å². The summed E-state index contributed by atoms with van der Waals surface area (Å²) in [4.78, 5) is 24.6. The van der Waals surface area contributed by atoms with Gasteiger partial charge in [0.1, 0.15) is 0 Å². The molecule has 24 heavy (non-hydrogen) atoms. The first-order valence-corrected chi connectivity index (χ1v) is 9.05. The molecule has 1 amide bonds. The fourth-order valence-corrected chi connectivity index (χ4v) is 3.80. The van der Waals surface area contributed by atoms with E-state index in [1.165, 1.54) is 6.42 Å². The van der Waals surface area contributed by atoms with E-state index >= 15 is 0 Å². The highest BCUT2D eigenvalue weighted by Crippen LogP contribution is 2.49. The van der Waals surface area contributed by atoms with Crippen LogP contribution in [0.1, 0.15) is 51.5 Å². The van der Waals surface area contributed by atoms with Crippen molar-refractivity contribution >= 4 is 11.9 Å². The van der Waals surface area contributed by atoms with E-state index in [0.717, 1.165) is 31.2 Å². The third kappa shape index (κ3) is 3.47. The molecule has 3 atom stereocenters. The van der Waals surface area contributed by atoms with Gasteiger partial charge in [-0.05, 0) is 36.7 Å². The Balaban J connectivity index is 1.51. The molecule has 1 aromatic carbocycles. The maximum Gasteiger partial charge on any atom is 0.317 e. The molecule has 2 saturated carbocycles. The zero-order chi connectivity index (χ0) is 17.2. The Kier molecular flexibility index (Phi) is 4.93. The summed E-state index contributed by atoms with van der Waals surface area (Å²) in [6.45, 7) is 4.25. The minimum Gasteiger partial charge on any atom is -0.455 e. The second-order valence-corrected chi connectivity index (χ2v) is 7.47. The maximum atomic E-state index is 12.4. The predicted octanol–water partition coefficient (Wildman–Crippen LogP) is 3.20. The molecule has 0 aromatic heterocycles. The van der Waals surface area contributed by atoms with Crippen LogP contribution in [0.15, 0.2) is 30.3 Å². The van der Waals surface area contributed by atoms with E-state index in [9.17, 15) is 9.59 Å². The van der Waals surface area contributed by atoms with Gasteiger partial charge in [0.05, 0.1) is 5.41 Å². The van der Waals surface area contributed by atoms with Gasteiger partial charge in [0, 0.05) is 6.04 Å². The molecule has 0 spiro atoms. The number of rotatable bonds is 5. The summed E-state index contributed by atoms with van der Waals surface area (Å²) >= 11 is 0. The first-order valence-electron chi connectivity index (χ1n) is 9.05. The van der Waals surface area contributed by atoms with Gasteiger partial charge in [-0.3, -0.25) is 9.59 Å². The minimum absolute atomic E-state index is 0.176. The van der Waals surface area contributed by atoms with E-state index in [2.05, 4.69) is 19.2 Å². The number of hydrogen-bond donors (Lipinski definition) is 1. The lowest BCUT2D eigenvalue weighted by Crippen LogP contribution is -2.45. The maximum absolute atomic E-state index is 12.4. The lowest BCUT2D eigenvalue weighted by atomic mass is 9.78. The predicted molar refractivity (Wildman–Crippen MR) is 92.4 cm³/mol. The second kappa shape index (κ2) is 6.96. The van der Waals surface area contributed by atoms with Crippen LogP contribution in [0.4, 0.5) is 0 Å². The summed E-state index contributed by atoms with van der Waals surface area (Å²) in [5.41, 5.74) is 0.471. The average molecular weight is 329 g/mol. The van der Waals surface area contributed by atoms with Crippen molar-refractivity contribution < 1.29 is 14.3 Å². The minimum atomic E-state index is -0.520. The molecule has 2 fully saturated rings. The first kappa shape index (κ1) is 17.0. The highest BCUT2D eigenvalue weighted by atomic mass is 16.5. The van der Waals surface area contributed by atoms with Gasteiger partial charge < -0.3 is 10.1 Å². The summed E-state index contributed by atoms with van der Waals surface area (Å²) < 4.78 is 5.34. The van der Waals surface area contributed by atoms with Gasteiger partial charge in [0.2, 0.25) is 0 Å². The number of amides is 1. The third-order valence-electron chi connectivity index (χ3n) is 5.85. The molecule has 130 valence electrons. The molecule has 0 heterocycles. The molecule has 0 radical (unpaired) electrons. The van der Waals surface area contributed by atoms with E-state index in [-0.39, 0.29) is 24.5 Å². The number of esters is 1. The summed E-state index contributed by atoms with van der Waals surface area (Å²) in [7, 11) is 0. The number of nitrogens with one attached hydrogen (secondary N) is 1. The van der Waals surface area contributed by atoms with Crippen LogP contribution in [0.2, 0.25) is 0 Å². The number of carbonyl (C=O) groups is 2. The normalized spacial score (nSPS) is 28.0. The Hall–Kier alpha value is -1.84. The summed E-state index contributed by atoms with van der Waals surface area (Å²) in [6, 6.07) is 9.91. The van der Waals surface area contributed by atoms with Crippen LogP contribution in [-0.2, 0) is 19.7 Å². The second-order valence-electron chi connectivity index (χ2n) is 7.47. The molecule has 2 aliphatic rings. The third-order valence-corrected chi connectivity index (χ3v) is 5.85. The standard InChI is InChI=1S/C20H27NO3/c1-14-7-6-10-17(15(14)2)21-18(22)13-24-19(23)20(11-12-20)16-8-4-3-5-9-16/h3-5,8-9,14-15,17H,6-7,10-13H2,1-2H3,(H,21,22)/t14-,15+,17-/m0/s1. The van der Waals surface area contributed by atoms with Crippen molar-refractivity contribution in [1.29, 1.82) is 0 Å². The molecular weight excluding hydrogens is 302 g/mol. The van der Waals surface area contributed by atoms with Crippen LogP contribution >= 0.6 is 0 Å². The molecule has 3 rings (SSSR count). The Morgan fingerprint density at radius 2 is 1.88 bits per heavy atom. The topological polar surface area (TPSA) is 55.4 Å². The van der Waals surface area contributed by atoms with Crippen LogP contribution < -0.4 is 5.32 Å². The molecule has 1 aromatic rings. The summed E-state index contributed by atoms with van der Waals surface area (Å²) in [6.07, 6.45) is 4.98. The largest absolute Gasteiger partial charge is 0.455 e. The molecule has 4 heteroatoms. The van der Waals surface area contributed by atoms with Crippen molar-refractivity contribution in [2.24, 2.45) is 11.8 Å². The highest BCUT2D eigenvalue weighted by Gasteiger charge is 2.52. The monoisotopic (exact) mass is 329 g/mol. The number of carbonyl (C=O) groups excluding carboxylic acids is 2. The molecule has 0 bridgehead atoms. The summed E-state index contributed by atoms with van der Waals surface area (Å²) in [5, 5.41) is 3.05. The molecule has 2 aliphatic carbocycles. The lowest BCUT2D eigenvalue weighted by molar-refractivity contribution is -0.151. The fraction of sp³-hybridized carbons (Fsp3) is 0.600. The van der Waals surface area contributed by atoms with Crippen LogP contribution in [-0.4, -0.2) is 24.5 Å². The number of benzene rings is 1. The Bertz CT molecular complexity index is 594. The van der Waals surface area contributed by atoms with E-state index in [1.807, 2.05) is 30.3 Å². The van der Waals surface area contributed by atoms with Crippen molar-refractivity contribution in [2.75, 3.05) is 6.61 Å². The van der Waals surface area contributed by atoms with Crippen LogP contribution in [0.25, 0.3) is 0 Å². The van der Waals surface area contributed by atoms with Gasteiger partial charge in [0.25, 0.3) is 5.91 Å². The molecule has 0 saturated heterocycles. The molecule has 0 aliphatic heterocycles. The quantitative estimate of drug-likeness (QED) is 0.844. The Morgan fingerprint density at radius 3 is 2.54 bits per heavy atom. The van der Waals surface area contributed by atoms with Gasteiger partial charge in [-0.25, -0.2) is 0 Å². The van der Waals surface area contributed by atoms with Gasteiger partial charge in [-0.1, -0.05) is 57.0 Å². The van der Waals surface area contributed by atoms with Gasteiger partial charge in [0.15, 0.2) is 6.61 Å². The lowest BCUT2D eigenvalue weighted by Gasteiger charge is -2.34. The van der Waals surface area contributed by atoms with E-state index in [4.69, 9.17) is 4.74 Å². The van der Waals surface area contributed by atoms with E-state index in [1.54, 1.807) is 0 Å². The van der Waals surface area contributed by atoms with E-state index < -0.39 is 5.41 Å². The van der Waals surface area contributed by atoms with Crippen molar-refractivity contribution in [3.63, 3.8) is 0 Å².